The van der Waals surface area contributed by atoms with Crippen LogP contribution in [-0.2, 0) is 4.79 Å². The molecule has 0 bridgehead atoms. The minimum Gasteiger partial charge on any atom is -0.357 e. The van der Waals surface area contributed by atoms with Crippen molar-refractivity contribution in [2.24, 2.45) is 5.92 Å². The highest BCUT2D eigenvalue weighted by Crippen LogP contribution is 2.28. The van der Waals surface area contributed by atoms with Gasteiger partial charge in [0, 0.05) is 12.1 Å². The molecule has 0 spiro atoms. The average Bonchev–Trinajstić information content (AvgIpc) is 3.03. The van der Waals surface area contributed by atoms with Gasteiger partial charge in [-0.05, 0) is 31.6 Å². The third kappa shape index (κ3) is 5.34. The van der Waals surface area contributed by atoms with E-state index in [2.05, 4.69) is 27.8 Å². The van der Waals surface area contributed by atoms with Gasteiger partial charge in [-0.1, -0.05) is 62.1 Å². The average molecular weight is 369 g/mol. The van der Waals surface area contributed by atoms with Gasteiger partial charge in [0.1, 0.15) is 0 Å². The first kappa shape index (κ1) is 18.0. The normalized spacial score (nSPS) is 25.4. The molecule has 0 unspecified atom stereocenters. The highest BCUT2D eigenvalue weighted by Gasteiger charge is 2.23. The molecule has 1 heterocycles. The first-order valence-corrected chi connectivity index (χ1v) is 11.0. The fourth-order valence-electron chi connectivity index (χ4n) is 3.65. The van der Waals surface area contributed by atoms with E-state index < -0.39 is 0 Å². The number of carbonyl (C=O) groups excluding carboxylic acids is 1. The van der Waals surface area contributed by atoms with Gasteiger partial charge in [-0.2, -0.15) is 0 Å². The van der Waals surface area contributed by atoms with E-state index in [1.54, 1.807) is 11.3 Å². The van der Waals surface area contributed by atoms with Gasteiger partial charge in [0.2, 0.25) is 11.0 Å². The van der Waals surface area contributed by atoms with Crippen LogP contribution >= 0.6 is 23.1 Å². The molecule has 0 aromatic carbocycles. The van der Waals surface area contributed by atoms with E-state index >= 15 is 0 Å². The van der Waals surface area contributed by atoms with Crippen LogP contribution in [0.1, 0.15) is 64.7 Å². The summed E-state index contributed by atoms with van der Waals surface area (Å²) in [5.41, 5.74) is 0. The van der Waals surface area contributed by atoms with E-state index in [9.17, 15) is 4.79 Å². The van der Waals surface area contributed by atoms with Gasteiger partial charge in [-0.25, -0.2) is 0 Å². The monoisotopic (exact) mass is 368 g/mol. The van der Waals surface area contributed by atoms with E-state index in [0.29, 0.717) is 23.8 Å². The summed E-state index contributed by atoms with van der Waals surface area (Å²) >= 11 is 3.06. The van der Waals surface area contributed by atoms with Crippen molar-refractivity contribution < 1.29 is 4.79 Å². The number of anilines is 1. The highest BCUT2D eigenvalue weighted by atomic mass is 32.2. The van der Waals surface area contributed by atoms with Crippen LogP contribution in [0.5, 0.6) is 0 Å². The number of amides is 1. The fraction of sp³-hybridized carbons (Fsp3) is 0.824. The standard InChI is InChI=1S/C17H28N4OS2/c1-12-7-5-6-10-14(12)19-15(22)11-23-17-21-20-16(24-17)18-13-8-3-2-4-9-13/h12-14H,2-11H2,1H3,(H,18,20)(H,19,22)/t12-,14-/m1/s1. The molecular formula is C17H28N4OS2. The zero-order valence-electron chi connectivity index (χ0n) is 14.4. The second-order valence-corrected chi connectivity index (χ2v) is 9.28. The molecule has 134 valence electrons. The van der Waals surface area contributed by atoms with E-state index in [1.807, 2.05) is 0 Å². The van der Waals surface area contributed by atoms with Crippen LogP contribution < -0.4 is 10.6 Å². The Kier molecular flexibility index (Phi) is 6.77. The van der Waals surface area contributed by atoms with Crippen molar-refractivity contribution in [3.63, 3.8) is 0 Å². The molecule has 0 saturated heterocycles. The Morgan fingerprint density at radius 2 is 1.88 bits per heavy atom. The summed E-state index contributed by atoms with van der Waals surface area (Å²) in [6.07, 6.45) is 11.3. The Morgan fingerprint density at radius 1 is 1.12 bits per heavy atom. The maximum Gasteiger partial charge on any atom is 0.230 e. The van der Waals surface area contributed by atoms with Crippen molar-refractivity contribution in [2.45, 2.75) is 81.1 Å². The second-order valence-electron chi connectivity index (χ2n) is 7.08. The molecule has 1 aromatic heterocycles. The Labute approximate surface area is 152 Å². The Hall–Kier alpha value is -0.820. The van der Waals surface area contributed by atoms with Gasteiger partial charge in [0.15, 0.2) is 4.34 Å². The summed E-state index contributed by atoms with van der Waals surface area (Å²) in [6, 6.07) is 0.894. The number of thioether (sulfide) groups is 1. The first-order valence-electron chi connectivity index (χ1n) is 9.23. The summed E-state index contributed by atoms with van der Waals surface area (Å²) in [5, 5.41) is 16.0. The molecule has 2 N–H and O–H groups in total. The molecule has 2 atom stereocenters. The molecule has 1 amide bonds. The van der Waals surface area contributed by atoms with E-state index in [-0.39, 0.29) is 5.91 Å². The zero-order chi connectivity index (χ0) is 16.8. The minimum absolute atomic E-state index is 0.121. The number of nitrogens with one attached hydrogen (secondary N) is 2. The van der Waals surface area contributed by atoms with Gasteiger partial charge < -0.3 is 10.6 Å². The van der Waals surface area contributed by atoms with Crippen molar-refractivity contribution in [1.82, 2.24) is 15.5 Å². The van der Waals surface area contributed by atoms with Crippen molar-refractivity contribution in [1.29, 1.82) is 0 Å². The number of carbonyl (C=O) groups is 1. The third-order valence-electron chi connectivity index (χ3n) is 5.12. The third-order valence-corrected chi connectivity index (χ3v) is 7.11. The largest absolute Gasteiger partial charge is 0.357 e. The molecule has 1 aromatic rings. The highest BCUT2D eigenvalue weighted by molar-refractivity contribution is 8.01. The minimum atomic E-state index is 0.121. The summed E-state index contributed by atoms with van der Waals surface area (Å²) in [7, 11) is 0. The molecule has 3 rings (SSSR count). The molecular weight excluding hydrogens is 340 g/mol. The molecule has 2 fully saturated rings. The Balaban J connectivity index is 1.40. The molecule has 2 saturated carbocycles. The maximum absolute atomic E-state index is 12.2. The van der Waals surface area contributed by atoms with E-state index in [0.717, 1.165) is 15.9 Å². The second kappa shape index (κ2) is 9.04. The topological polar surface area (TPSA) is 66.9 Å². The first-order chi connectivity index (χ1) is 11.7. The lowest BCUT2D eigenvalue weighted by Crippen LogP contribution is -2.41. The van der Waals surface area contributed by atoms with Crippen LogP contribution in [0.15, 0.2) is 4.34 Å². The Morgan fingerprint density at radius 3 is 2.67 bits per heavy atom. The van der Waals surface area contributed by atoms with Crippen LogP contribution in [0.4, 0.5) is 5.13 Å². The lowest BCUT2D eigenvalue weighted by Gasteiger charge is -2.29. The van der Waals surface area contributed by atoms with Gasteiger partial charge in [0.05, 0.1) is 5.75 Å². The number of rotatable bonds is 6. The maximum atomic E-state index is 12.2. The van der Waals surface area contributed by atoms with E-state index in [1.165, 1.54) is 63.1 Å². The zero-order valence-corrected chi connectivity index (χ0v) is 16.1. The van der Waals surface area contributed by atoms with Crippen LogP contribution in [0, 0.1) is 5.92 Å². The van der Waals surface area contributed by atoms with Gasteiger partial charge in [0.25, 0.3) is 0 Å². The molecule has 2 aliphatic carbocycles. The van der Waals surface area contributed by atoms with Crippen molar-refractivity contribution in [3.8, 4) is 0 Å². The predicted octanol–water partition coefficient (Wildman–Crippen LogP) is 4.07. The van der Waals surface area contributed by atoms with Gasteiger partial charge >= 0.3 is 0 Å². The summed E-state index contributed by atoms with van der Waals surface area (Å²) < 4.78 is 0.875. The smallest absolute Gasteiger partial charge is 0.230 e. The number of hydrogen-bond donors (Lipinski definition) is 2. The lowest BCUT2D eigenvalue weighted by atomic mass is 9.86. The summed E-state index contributed by atoms with van der Waals surface area (Å²) in [4.78, 5) is 12.2. The molecule has 7 heteroatoms. The summed E-state index contributed by atoms with van der Waals surface area (Å²) in [6.45, 7) is 2.24. The van der Waals surface area contributed by atoms with Crippen LogP contribution in [0.3, 0.4) is 0 Å². The lowest BCUT2D eigenvalue weighted by molar-refractivity contribution is -0.119. The van der Waals surface area contributed by atoms with Gasteiger partial charge in [-0.15, -0.1) is 10.2 Å². The molecule has 24 heavy (non-hydrogen) atoms. The molecule has 2 aliphatic rings. The van der Waals surface area contributed by atoms with Crippen LogP contribution in [0.25, 0.3) is 0 Å². The number of nitrogens with zero attached hydrogens (tertiary/aromatic N) is 2. The molecule has 5 nitrogen and oxygen atoms in total. The van der Waals surface area contributed by atoms with Gasteiger partial charge in [-0.3, -0.25) is 4.79 Å². The van der Waals surface area contributed by atoms with E-state index in [4.69, 9.17) is 0 Å². The molecule has 0 aliphatic heterocycles. The quantitative estimate of drug-likeness (QED) is 0.741. The Bertz CT molecular complexity index is 530. The fourth-order valence-corrected chi connectivity index (χ4v) is 5.29. The number of aromatic nitrogens is 2. The van der Waals surface area contributed by atoms with Crippen LogP contribution in [0.2, 0.25) is 0 Å². The number of hydrogen-bond acceptors (Lipinski definition) is 6. The van der Waals surface area contributed by atoms with Crippen molar-refractivity contribution in [3.05, 3.63) is 0 Å². The van der Waals surface area contributed by atoms with Crippen LogP contribution in [-0.4, -0.2) is 33.9 Å². The van der Waals surface area contributed by atoms with Crippen molar-refractivity contribution in [2.75, 3.05) is 11.1 Å². The van der Waals surface area contributed by atoms with Crippen molar-refractivity contribution >= 4 is 34.1 Å². The predicted molar refractivity (Wildman–Crippen MR) is 101 cm³/mol. The molecule has 0 radical (unpaired) electrons. The SMILES string of the molecule is C[C@@H]1CCCC[C@H]1NC(=O)CSc1nnc(NC2CCCCC2)s1. The summed E-state index contributed by atoms with van der Waals surface area (Å²) in [5.74, 6) is 1.15.